The maximum atomic E-state index is 9.55. The minimum Gasteiger partial charge on any atom is -0.378 e. The van der Waals surface area contributed by atoms with Crippen LogP contribution in [0.5, 0.6) is 0 Å². The smallest absolute Gasteiger partial charge is 0.227 e. The lowest BCUT2D eigenvalue weighted by Crippen LogP contribution is -2.30. The van der Waals surface area contributed by atoms with Crippen LogP contribution in [0.15, 0.2) is 12.3 Å². The zero-order chi connectivity index (χ0) is 4.41. The summed E-state index contributed by atoms with van der Waals surface area (Å²) in [5.74, 6) is 0. The summed E-state index contributed by atoms with van der Waals surface area (Å²) in [6.07, 6.45) is 5.21. The molecule has 1 rings (SSSR count). The molecule has 31 valence electrons. The SMILES string of the molecule is O=[C]C1C=CN1. The molecule has 2 heteroatoms. The fourth-order valence-corrected chi connectivity index (χ4v) is 0.266. The lowest BCUT2D eigenvalue weighted by molar-refractivity contribution is 0.539. The van der Waals surface area contributed by atoms with E-state index >= 15 is 0 Å². The Morgan fingerprint density at radius 3 is 2.50 bits per heavy atom. The van der Waals surface area contributed by atoms with Crippen molar-refractivity contribution in [3.63, 3.8) is 0 Å². The Morgan fingerprint density at radius 2 is 2.50 bits per heavy atom. The molecule has 0 bridgehead atoms. The first kappa shape index (κ1) is 3.40. The van der Waals surface area contributed by atoms with Crippen molar-refractivity contribution in [1.82, 2.24) is 5.32 Å². The van der Waals surface area contributed by atoms with Crippen LogP contribution < -0.4 is 5.32 Å². The number of hydrogen-bond acceptors (Lipinski definition) is 2. The van der Waals surface area contributed by atoms with Gasteiger partial charge in [0.25, 0.3) is 0 Å². The van der Waals surface area contributed by atoms with Crippen molar-refractivity contribution in [2.45, 2.75) is 6.04 Å². The first-order chi connectivity index (χ1) is 2.93. The van der Waals surface area contributed by atoms with Crippen LogP contribution in [0.1, 0.15) is 0 Å². The van der Waals surface area contributed by atoms with Gasteiger partial charge in [0.1, 0.15) is 6.04 Å². The van der Waals surface area contributed by atoms with Gasteiger partial charge in [-0.15, -0.1) is 0 Å². The fraction of sp³-hybridized carbons (Fsp3) is 0.250. The maximum absolute atomic E-state index is 9.55. The van der Waals surface area contributed by atoms with Crippen LogP contribution in [0, 0.1) is 0 Å². The van der Waals surface area contributed by atoms with Gasteiger partial charge in [-0.05, 0) is 12.3 Å². The van der Waals surface area contributed by atoms with E-state index in [1.807, 2.05) is 0 Å². The number of rotatable bonds is 1. The summed E-state index contributed by atoms with van der Waals surface area (Å²) in [4.78, 5) is 9.55. The van der Waals surface area contributed by atoms with Crippen molar-refractivity contribution in [1.29, 1.82) is 0 Å². The Balaban J connectivity index is 2.39. The van der Waals surface area contributed by atoms with Crippen molar-refractivity contribution in [2.24, 2.45) is 0 Å². The van der Waals surface area contributed by atoms with Gasteiger partial charge in [-0.2, -0.15) is 0 Å². The molecule has 1 N–H and O–H groups in total. The van der Waals surface area contributed by atoms with Crippen LogP contribution in [-0.4, -0.2) is 12.3 Å². The lowest BCUT2D eigenvalue weighted by Gasteiger charge is -2.10. The molecule has 1 heterocycles. The molecule has 0 spiro atoms. The highest BCUT2D eigenvalue weighted by Gasteiger charge is 2.04. The van der Waals surface area contributed by atoms with Crippen LogP contribution in [0.25, 0.3) is 0 Å². The molecule has 2 nitrogen and oxygen atoms in total. The normalized spacial score (nSPS) is 27.7. The maximum Gasteiger partial charge on any atom is 0.227 e. The van der Waals surface area contributed by atoms with Crippen molar-refractivity contribution in [3.05, 3.63) is 12.3 Å². The molecule has 1 unspecified atom stereocenters. The largest absolute Gasteiger partial charge is 0.378 e. The number of hydrogen-bond donors (Lipinski definition) is 1. The molecule has 6 heavy (non-hydrogen) atoms. The molecule has 1 aliphatic heterocycles. The van der Waals surface area contributed by atoms with Gasteiger partial charge >= 0.3 is 0 Å². The summed E-state index contributed by atoms with van der Waals surface area (Å²) in [6.45, 7) is 0. The van der Waals surface area contributed by atoms with E-state index in [0.717, 1.165) is 0 Å². The standard InChI is InChI=1S/C4H4NO/c6-3-4-1-2-5-4/h1-2,4-5H. The fourth-order valence-electron chi connectivity index (χ4n) is 0.266. The highest BCUT2D eigenvalue weighted by molar-refractivity contribution is 5.64. The van der Waals surface area contributed by atoms with E-state index in [4.69, 9.17) is 0 Å². The van der Waals surface area contributed by atoms with Crippen LogP contribution in [0.4, 0.5) is 0 Å². The zero-order valence-electron chi connectivity index (χ0n) is 3.14. The topological polar surface area (TPSA) is 29.1 Å². The van der Waals surface area contributed by atoms with Crippen LogP contribution in [-0.2, 0) is 4.79 Å². The quantitative estimate of drug-likeness (QED) is 0.465. The third-order valence-corrected chi connectivity index (χ3v) is 0.691. The van der Waals surface area contributed by atoms with E-state index in [1.165, 1.54) is 0 Å². The van der Waals surface area contributed by atoms with E-state index in [0.29, 0.717) is 0 Å². The molecule has 1 aliphatic rings. The summed E-state index contributed by atoms with van der Waals surface area (Å²) < 4.78 is 0. The predicted molar refractivity (Wildman–Crippen MR) is 21.8 cm³/mol. The monoisotopic (exact) mass is 82.0 g/mol. The van der Waals surface area contributed by atoms with Crippen molar-refractivity contribution < 1.29 is 4.79 Å². The van der Waals surface area contributed by atoms with Crippen molar-refractivity contribution in [2.75, 3.05) is 0 Å². The molecular formula is C4H4NO. The molecule has 1 radical (unpaired) electrons. The van der Waals surface area contributed by atoms with E-state index in [-0.39, 0.29) is 6.04 Å². The van der Waals surface area contributed by atoms with Gasteiger partial charge in [-0.25, -0.2) is 0 Å². The Labute approximate surface area is 35.9 Å². The summed E-state index contributed by atoms with van der Waals surface area (Å²) in [5, 5.41) is 2.69. The molecule has 0 amide bonds. The van der Waals surface area contributed by atoms with Gasteiger partial charge in [0.15, 0.2) is 0 Å². The molecule has 0 saturated heterocycles. The summed E-state index contributed by atoms with van der Waals surface area (Å²) in [7, 11) is 0. The Morgan fingerprint density at radius 1 is 1.83 bits per heavy atom. The van der Waals surface area contributed by atoms with Crippen LogP contribution in [0.3, 0.4) is 0 Å². The second-order valence-electron chi connectivity index (χ2n) is 1.12. The van der Waals surface area contributed by atoms with E-state index in [9.17, 15) is 4.79 Å². The molecule has 0 saturated carbocycles. The second-order valence-corrected chi connectivity index (χ2v) is 1.12. The van der Waals surface area contributed by atoms with Gasteiger partial charge in [0.05, 0.1) is 0 Å². The van der Waals surface area contributed by atoms with Crippen molar-refractivity contribution in [3.8, 4) is 0 Å². The molecule has 1 atom stereocenters. The zero-order valence-corrected chi connectivity index (χ0v) is 3.14. The third-order valence-electron chi connectivity index (χ3n) is 0.691. The van der Waals surface area contributed by atoms with Gasteiger partial charge in [-0.3, -0.25) is 4.79 Å². The highest BCUT2D eigenvalue weighted by Crippen LogP contribution is 1.88. The Kier molecular flexibility index (Phi) is 0.638. The number of nitrogens with one attached hydrogen (secondary N) is 1. The van der Waals surface area contributed by atoms with Crippen LogP contribution in [0.2, 0.25) is 0 Å². The first-order valence-corrected chi connectivity index (χ1v) is 1.74. The Hall–Kier alpha value is -0.790. The van der Waals surface area contributed by atoms with E-state index in [2.05, 4.69) is 5.32 Å². The average molecular weight is 82.1 g/mol. The van der Waals surface area contributed by atoms with E-state index in [1.54, 1.807) is 18.6 Å². The summed E-state index contributed by atoms with van der Waals surface area (Å²) >= 11 is 0. The van der Waals surface area contributed by atoms with Gasteiger partial charge < -0.3 is 5.32 Å². The van der Waals surface area contributed by atoms with Gasteiger partial charge in [-0.1, -0.05) is 0 Å². The minimum absolute atomic E-state index is 0.120. The third kappa shape index (κ3) is 0.302. The molecule has 0 aliphatic carbocycles. The Bertz CT molecular complexity index is 87.5. The molecule has 0 aromatic carbocycles. The average Bonchev–Trinajstić information content (AvgIpc) is 1.31. The minimum atomic E-state index is -0.120. The molecule has 0 aromatic heterocycles. The first-order valence-electron chi connectivity index (χ1n) is 1.74. The second kappa shape index (κ2) is 1.12. The summed E-state index contributed by atoms with van der Waals surface area (Å²) in [5.41, 5.74) is 0. The number of carbonyl (C=O) groups excluding carboxylic acids is 1. The molecule has 0 fully saturated rings. The lowest BCUT2D eigenvalue weighted by atomic mass is 10.2. The van der Waals surface area contributed by atoms with Gasteiger partial charge in [0, 0.05) is 0 Å². The highest BCUT2D eigenvalue weighted by atomic mass is 16.1. The van der Waals surface area contributed by atoms with E-state index < -0.39 is 0 Å². The van der Waals surface area contributed by atoms with Crippen molar-refractivity contribution >= 4 is 6.29 Å². The van der Waals surface area contributed by atoms with Crippen LogP contribution >= 0.6 is 0 Å². The van der Waals surface area contributed by atoms with Gasteiger partial charge in [0.2, 0.25) is 6.29 Å². The molecular weight excluding hydrogens is 78.0 g/mol. The predicted octanol–water partition coefficient (Wildman–Crippen LogP) is -0.418. The summed E-state index contributed by atoms with van der Waals surface area (Å²) in [6, 6.07) is -0.120. The molecule has 0 aromatic rings.